The Morgan fingerprint density at radius 2 is 2.09 bits per heavy atom. The van der Waals surface area contributed by atoms with Gasteiger partial charge in [-0.3, -0.25) is 4.79 Å². The van der Waals surface area contributed by atoms with E-state index in [0.717, 1.165) is 0 Å². The van der Waals surface area contributed by atoms with E-state index in [4.69, 9.17) is 4.74 Å². The lowest BCUT2D eigenvalue weighted by atomic mass is 10.0. The number of nitrogens with one attached hydrogen (secondary N) is 1. The largest absolute Gasteiger partial charge is 0.593 e. The molecule has 1 atom stereocenters. The number of amides is 1. The second-order valence-electron chi connectivity index (χ2n) is 5.28. The first kappa shape index (κ1) is 13.9. The molecule has 22 heavy (non-hydrogen) atoms. The number of para-hydroxylation sites is 1. The Morgan fingerprint density at radius 3 is 2.82 bits per heavy atom. The minimum absolute atomic E-state index is 0.102. The van der Waals surface area contributed by atoms with Crippen molar-refractivity contribution in [3.63, 3.8) is 0 Å². The first-order valence-electron chi connectivity index (χ1n) is 6.63. The zero-order chi connectivity index (χ0) is 15.4. The van der Waals surface area contributed by atoms with Crippen LogP contribution in [0.15, 0.2) is 46.0 Å². The van der Waals surface area contributed by atoms with E-state index in [1.807, 2.05) is 0 Å². The van der Waals surface area contributed by atoms with Crippen molar-refractivity contribution in [2.75, 3.05) is 13.1 Å². The van der Waals surface area contributed by atoms with Gasteiger partial charge in [-0.15, -0.1) is 15.6 Å². The molecule has 0 aliphatic carbocycles. The van der Waals surface area contributed by atoms with Gasteiger partial charge in [-0.25, -0.2) is 0 Å². The van der Waals surface area contributed by atoms with Crippen molar-refractivity contribution in [3.05, 3.63) is 46.7 Å². The number of hydrogen-bond acceptors (Lipinski definition) is 5. The van der Waals surface area contributed by atoms with Crippen molar-refractivity contribution in [1.82, 2.24) is 9.62 Å². The highest BCUT2D eigenvalue weighted by Crippen LogP contribution is 2.37. The average Bonchev–Trinajstić information content (AvgIpc) is 2.99. The molecule has 1 fully saturated rings. The molecule has 1 aromatic carbocycles. The topological polar surface area (TPSA) is 81.7 Å². The molecule has 2 aromatic rings. The minimum atomic E-state index is -3.52. The molecule has 1 unspecified atom stereocenters. The maximum absolute atomic E-state index is 12.4. The van der Waals surface area contributed by atoms with Gasteiger partial charge < -0.3 is 14.6 Å². The maximum Gasteiger partial charge on any atom is 0.258 e. The van der Waals surface area contributed by atoms with Crippen molar-refractivity contribution in [1.29, 1.82) is 0 Å². The number of thiophene rings is 1. The predicted molar refractivity (Wildman–Crippen MR) is 80.3 cm³/mol. The Labute approximate surface area is 132 Å². The molecule has 0 saturated carbocycles. The van der Waals surface area contributed by atoms with Gasteiger partial charge in [0.05, 0.1) is 5.56 Å². The van der Waals surface area contributed by atoms with Crippen LogP contribution in [0.4, 0.5) is 0 Å². The van der Waals surface area contributed by atoms with Crippen LogP contribution in [-0.4, -0.2) is 33.6 Å². The van der Waals surface area contributed by atoms with Crippen LogP contribution < -0.4 is 10.1 Å². The molecule has 3 heterocycles. The number of fused-ring (bicyclic) bond motifs is 1. The van der Waals surface area contributed by atoms with Crippen LogP contribution in [0.3, 0.4) is 0 Å². The third-order valence-corrected chi connectivity index (χ3v) is 6.39. The van der Waals surface area contributed by atoms with Crippen LogP contribution in [0, 0.1) is 0 Å². The third kappa shape index (κ3) is 1.99. The third-order valence-electron chi connectivity index (χ3n) is 3.77. The van der Waals surface area contributed by atoms with Crippen molar-refractivity contribution in [3.8, 4) is 5.75 Å². The fourth-order valence-electron chi connectivity index (χ4n) is 2.64. The summed E-state index contributed by atoms with van der Waals surface area (Å²) in [6, 6.07) is 8.50. The molecule has 1 aromatic heterocycles. The van der Waals surface area contributed by atoms with Gasteiger partial charge in [-0.05, 0) is 17.5 Å². The van der Waals surface area contributed by atoms with E-state index < -0.39 is 16.1 Å². The van der Waals surface area contributed by atoms with E-state index in [2.05, 4.69) is 5.32 Å². The van der Waals surface area contributed by atoms with Gasteiger partial charge in [-0.1, -0.05) is 16.3 Å². The summed E-state index contributed by atoms with van der Waals surface area (Å²) >= 11 is 1.33. The monoisotopic (exact) mass is 336 g/mol. The molecule has 1 spiro atoms. The first-order valence-corrected chi connectivity index (χ1v) is 9.01. The number of hydrogen-bond donors (Lipinski definition) is 1. The Balaban J connectivity index is 1.56. The molecule has 1 amide bonds. The summed E-state index contributed by atoms with van der Waals surface area (Å²) in [7, 11) is -3.52. The molecule has 0 radical (unpaired) electrons. The van der Waals surface area contributed by atoms with Crippen LogP contribution in [0.25, 0.3) is 0 Å². The van der Waals surface area contributed by atoms with Gasteiger partial charge in [0.15, 0.2) is 15.3 Å². The van der Waals surface area contributed by atoms with E-state index in [1.165, 1.54) is 15.6 Å². The molecule has 114 valence electrons. The molecule has 2 aliphatic rings. The highest BCUT2D eigenvalue weighted by Gasteiger charge is 2.56. The molecule has 1 saturated heterocycles. The van der Waals surface area contributed by atoms with E-state index in [1.54, 1.807) is 41.1 Å². The summed E-state index contributed by atoms with van der Waals surface area (Å²) in [6.07, 6.45) is 0. The second-order valence-corrected chi connectivity index (χ2v) is 8.00. The van der Waals surface area contributed by atoms with Crippen molar-refractivity contribution >= 4 is 27.6 Å². The number of ether oxygens (including phenoxy) is 1. The number of carbonyl (C=O) groups is 1. The highest BCUT2D eigenvalue weighted by molar-refractivity contribution is 7.95. The van der Waals surface area contributed by atoms with E-state index in [-0.39, 0.29) is 23.9 Å². The molecular weight excluding hydrogens is 324 g/mol. The Morgan fingerprint density at radius 1 is 1.32 bits per heavy atom. The number of nitrogens with zero attached hydrogens (tertiary/aromatic N) is 1. The van der Waals surface area contributed by atoms with Gasteiger partial charge in [0.1, 0.15) is 18.8 Å². The summed E-state index contributed by atoms with van der Waals surface area (Å²) in [5.41, 5.74) is -0.499. The van der Waals surface area contributed by atoms with Gasteiger partial charge >= 0.3 is 0 Å². The van der Waals surface area contributed by atoms with E-state index >= 15 is 0 Å². The van der Waals surface area contributed by atoms with Crippen LogP contribution in [0.5, 0.6) is 5.75 Å². The van der Waals surface area contributed by atoms with Crippen molar-refractivity contribution in [2.45, 2.75) is 10.6 Å². The Bertz CT molecular complexity index is 784. The SMILES string of the molecule is O=C1NC2(CN([S+](=O)([O-])c3ccsc3)C2)Oc2ccccc21. The fraction of sp³-hybridized carbons (Fsp3) is 0.214. The molecule has 1 N–H and O–H groups in total. The van der Waals surface area contributed by atoms with Crippen LogP contribution >= 0.6 is 11.3 Å². The lowest BCUT2D eigenvalue weighted by Gasteiger charge is -2.50. The summed E-state index contributed by atoms with van der Waals surface area (Å²) in [5.74, 6) is 0.244. The normalized spacial score (nSPS) is 22.1. The van der Waals surface area contributed by atoms with Crippen LogP contribution in [-0.2, 0) is 14.6 Å². The number of benzene rings is 1. The quantitative estimate of drug-likeness (QED) is 0.843. The molecular formula is C14H12N2O4S2. The fourth-order valence-corrected chi connectivity index (χ4v) is 5.19. The minimum Gasteiger partial charge on any atom is -0.593 e. The molecule has 6 nitrogen and oxygen atoms in total. The zero-order valence-electron chi connectivity index (χ0n) is 11.4. The summed E-state index contributed by atoms with van der Waals surface area (Å²) < 4.78 is 31.9. The predicted octanol–water partition coefficient (Wildman–Crippen LogP) is 1.49. The molecule has 4 rings (SSSR count). The zero-order valence-corrected chi connectivity index (χ0v) is 13.0. The number of carbonyl (C=O) groups excluding carboxylic acids is 1. The Kier molecular flexibility index (Phi) is 2.92. The van der Waals surface area contributed by atoms with E-state index in [0.29, 0.717) is 11.3 Å². The second kappa shape index (κ2) is 4.63. The highest BCUT2D eigenvalue weighted by atomic mass is 32.3. The van der Waals surface area contributed by atoms with Crippen molar-refractivity contribution in [2.24, 2.45) is 0 Å². The van der Waals surface area contributed by atoms with Crippen LogP contribution in [0.1, 0.15) is 10.4 Å². The van der Waals surface area contributed by atoms with Crippen LogP contribution in [0.2, 0.25) is 0 Å². The van der Waals surface area contributed by atoms with Gasteiger partial charge in [0.25, 0.3) is 5.91 Å². The van der Waals surface area contributed by atoms with E-state index in [9.17, 15) is 13.6 Å². The van der Waals surface area contributed by atoms with Gasteiger partial charge in [0, 0.05) is 11.4 Å². The Hall–Kier alpha value is -1.74. The molecule has 0 bridgehead atoms. The average molecular weight is 336 g/mol. The lowest BCUT2D eigenvalue weighted by molar-refractivity contribution is -0.0657. The van der Waals surface area contributed by atoms with Gasteiger partial charge in [0.2, 0.25) is 5.72 Å². The molecule has 2 aliphatic heterocycles. The number of rotatable bonds is 2. The number of sulfonamides is 1. The standard InChI is InChI=1S/C14H12N2O4S2/c17-13-11-3-1-2-4-12(11)20-14(15-13)8-16(9-14)22(18,19)10-5-6-21-7-10/h1-7H,8-9H2,(H-,15,17,18,19). The summed E-state index contributed by atoms with van der Waals surface area (Å²) in [6.45, 7) is 0.205. The first-order chi connectivity index (χ1) is 10.5. The lowest BCUT2D eigenvalue weighted by Crippen LogP contribution is -2.76. The smallest absolute Gasteiger partial charge is 0.258 e. The summed E-state index contributed by atoms with van der Waals surface area (Å²) in [4.78, 5) is 12.4. The van der Waals surface area contributed by atoms with Crippen molar-refractivity contribution < 1.29 is 18.3 Å². The van der Waals surface area contributed by atoms with Gasteiger partial charge in [-0.2, -0.15) is 0 Å². The maximum atomic E-state index is 12.4. The molecule has 8 heteroatoms. The summed E-state index contributed by atoms with van der Waals surface area (Å²) in [5, 5.41) is 6.08.